The number of methoxy groups -OCH3 is 1. The van der Waals surface area contributed by atoms with Crippen molar-refractivity contribution in [3.05, 3.63) is 64.2 Å². The Morgan fingerprint density at radius 1 is 1.17 bits per heavy atom. The summed E-state index contributed by atoms with van der Waals surface area (Å²) in [6.45, 7) is 0.320. The first kappa shape index (κ1) is 15.8. The van der Waals surface area contributed by atoms with Crippen LogP contribution in [-0.2, 0) is 4.84 Å². The predicted octanol–water partition coefficient (Wildman–Crippen LogP) is 3.18. The van der Waals surface area contributed by atoms with Gasteiger partial charge in [-0.2, -0.15) is 0 Å². The van der Waals surface area contributed by atoms with Crippen molar-refractivity contribution in [3.8, 4) is 11.5 Å². The molecule has 0 saturated heterocycles. The lowest BCUT2D eigenvalue weighted by Gasteiger charge is -2.10. The van der Waals surface area contributed by atoms with Crippen LogP contribution in [0.3, 0.4) is 0 Å². The third-order valence-corrected chi connectivity index (χ3v) is 3.64. The Morgan fingerprint density at radius 2 is 1.83 bits per heavy atom. The summed E-state index contributed by atoms with van der Waals surface area (Å²) in [6.07, 6.45) is 0.455. The van der Waals surface area contributed by atoms with E-state index in [9.17, 15) is 10.1 Å². The Balaban J connectivity index is 1.52. The largest absolute Gasteiger partial charge is 0.497 e. The second-order valence-corrected chi connectivity index (χ2v) is 5.26. The van der Waals surface area contributed by atoms with Gasteiger partial charge in [0.2, 0.25) is 0 Å². The zero-order chi connectivity index (χ0) is 16.9. The van der Waals surface area contributed by atoms with Crippen LogP contribution in [0.1, 0.15) is 12.0 Å². The van der Waals surface area contributed by atoms with Crippen molar-refractivity contribution in [2.75, 3.05) is 13.7 Å². The van der Waals surface area contributed by atoms with Crippen molar-refractivity contribution in [1.29, 1.82) is 0 Å². The third-order valence-electron chi connectivity index (χ3n) is 3.64. The number of non-ortho nitro benzene ring substituents is 1. The normalized spacial score (nSPS) is 16.2. The van der Waals surface area contributed by atoms with Gasteiger partial charge in [-0.15, -0.1) is 0 Å². The minimum Gasteiger partial charge on any atom is -0.497 e. The van der Waals surface area contributed by atoms with Gasteiger partial charge in [0, 0.05) is 18.6 Å². The van der Waals surface area contributed by atoms with E-state index in [0.29, 0.717) is 18.8 Å². The second kappa shape index (κ2) is 6.99. The molecule has 0 amide bonds. The maximum atomic E-state index is 10.6. The van der Waals surface area contributed by atoms with E-state index in [-0.39, 0.29) is 11.8 Å². The standard InChI is InChI=1S/C17H16N2O5/c1-22-14-6-2-12(3-7-14)17-10-16(24-18-17)11-23-15-8-4-13(5-9-15)19(20)21/h2-9,16H,10-11H2,1H3/t16-/m0/s1. The maximum Gasteiger partial charge on any atom is 0.269 e. The summed E-state index contributed by atoms with van der Waals surface area (Å²) in [5.74, 6) is 1.35. The maximum absolute atomic E-state index is 10.6. The smallest absolute Gasteiger partial charge is 0.269 e. The van der Waals surface area contributed by atoms with Crippen LogP contribution in [0.15, 0.2) is 53.7 Å². The average molecular weight is 328 g/mol. The topological polar surface area (TPSA) is 83.2 Å². The van der Waals surface area contributed by atoms with Crippen LogP contribution in [0, 0.1) is 10.1 Å². The van der Waals surface area contributed by atoms with E-state index in [1.54, 1.807) is 19.2 Å². The van der Waals surface area contributed by atoms with E-state index >= 15 is 0 Å². The molecule has 7 nitrogen and oxygen atoms in total. The van der Waals surface area contributed by atoms with Gasteiger partial charge in [0.05, 0.1) is 17.7 Å². The van der Waals surface area contributed by atoms with Crippen molar-refractivity contribution >= 4 is 11.4 Å². The molecule has 0 unspecified atom stereocenters. The van der Waals surface area contributed by atoms with Gasteiger partial charge in [0.15, 0.2) is 6.10 Å². The molecule has 124 valence electrons. The Hall–Kier alpha value is -3.09. The Labute approximate surface area is 138 Å². The van der Waals surface area contributed by atoms with Crippen LogP contribution >= 0.6 is 0 Å². The van der Waals surface area contributed by atoms with Crippen molar-refractivity contribution < 1.29 is 19.2 Å². The fourth-order valence-electron chi connectivity index (χ4n) is 2.32. The summed E-state index contributed by atoms with van der Waals surface area (Å²) in [4.78, 5) is 15.6. The van der Waals surface area contributed by atoms with Gasteiger partial charge in [-0.25, -0.2) is 0 Å². The minimum atomic E-state index is -0.446. The lowest BCUT2D eigenvalue weighted by atomic mass is 10.1. The molecule has 7 heteroatoms. The molecule has 1 aliphatic heterocycles. The molecule has 0 fully saturated rings. The zero-order valence-corrected chi connectivity index (χ0v) is 13.0. The Morgan fingerprint density at radius 3 is 2.46 bits per heavy atom. The molecule has 0 bridgehead atoms. The third kappa shape index (κ3) is 3.62. The van der Waals surface area contributed by atoms with Gasteiger partial charge in [0.1, 0.15) is 18.1 Å². The SMILES string of the molecule is COc1ccc(C2=NO[C@H](COc3ccc([N+](=O)[O-])cc3)C2)cc1. The van der Waals surface area contributed by atoms with Crippen LogP contribution in [0.2, 0.25) is 0 Å². The summed E-state index contributed by atoms with van der Waals surface area (Å²) in [6, 6.07) is 13.6. The van der Waals surface area contributed by atoms with Crippen LogP contribution < -0.4 is 9.47 Å². The van der Waals surface area contributed by atoms with E-state index in [1.165, 1.54) is 12.1 Å². The number of nitro groups is 1. The fourth-order valence-corrected chi connectivity index (χ4v) is 2.32. The van der Waals surface area contributed by atoms with Gasteiger partial charge < -0.3 is 14.3 Å². The monoisotopic (exact) mass is 328 g/mol. The summed E-state index contributed by atoms with van der Waals surface area (Å²) in [7, 11) is 1.62. The highest BCUT2D eigenvalue weighted by Crippen LogP contribution is 2.21. The Kier molecular flexibility index (Phi) is 4.60. The number of hydrogen-bond donors (Lipinski definition) is 0. The highest BCUT2D eigenvalue weighted by atomic mass is 16.7. The molecule has 2 aromatic carbocycles. The van der Waals surface area contributed by atoms with Crippen LogP contribution in [0.5, 0.6) is 11.5 Å². The van der Waals surface area contributed by atoms with Crippen LogP contribution in [-0.4, -0.2) is 30.5 Å². The molecule has 1 atom stereocenters. The van der Waals surface area contributed by atoms with Crippen molar-refractivity contribution in [1.82, 2.24) is 0 Å². The molecule has 0 spiro atoms. The van der Waals surface area contributed by atoms with E-state index < -0.39 is 4.92 Å². The molecule has 0 saturated carbocycles. The number of oxime groups is 1. The lowest BCUT2D eigenvalue weighted by Crippen LogP contribution is -2.18. The number of hydrogen-bond acceptors (Lipinski definition) is 6. The predicted molar refractivity (Wildman–Crippen MR) is 87.6 cm³/mol. The number of rotatable bonds is 6. The van der Waals surface area contributed by atoms with Gasteiger partial charge in [-0.05, 0) is 42.0 Å². The second-order valence-electron chi connectivity index (χ2n) is 5.26. The molecule has 2 aromatic rings. The number of ether oxygens (including phenoxy) is 2. The van der Waals surface area contributed by atoms with E-state index in [4.69, 9.17) is 14.3 Å². The quantitative estimate of drug-likeness (QED) is 0.601. The highest BCUT2D eigenvalue weighted by molar-refractivity contribution is 6.01. The summed E-state index contributed by atoms with van der Waals surface area (Å²) in [5, 5.41) is 14.7. The van der Waals surface area contributed by atoms with Gasteiger partial charge >= 0.3 is 0 Å². The molecule has 0 aromatic heterocycles. The molecule has 24 heavy (non-hydrogen) atoms. The summed E-state index contributed by atoms with van der Waals surface area (Å²) >= 11 is 0. The van der Waals surface area contributed by atoms with E-state index in [0.717, 1.165) is 17.0 Å². The summed E-state index contributed by atoms with van der Waals surface area (Å²) in [5.41, 5.74) is 1.87. The highest BCUT2D eigenvalue weighted by Gasteiger charge is 2.23. The summed E-state index contributed by atoms with van der Waals surface area (Å²) < 4.78 is 10.7. The molecular formula is C17H16N2O5. The Bertz CT molecular complexity index is 741. The number of nitrogens with zero attached hydrogens (tertiary/aromatic N) is 2. The molecule has 1 aliphatic rings. The molecular weight excluding hydrogens is 312 g/mol. The van der Waals surface area contributed by atoms with Crippen molar-refractivity contribution in [2.45, 2.75) is 12.5 Å². The molecule has 0 aliphatic carbocycles. The lowest BCUT2D eigenvalue weighted by molar-refractivity contribution is -0.384. The first-order chi connectivity index (χ1) is 11.7. The van der Waals surface area contributed by atoms with E-state index in [1.807, 2.05) is 24.3 Å². The van der Waals surface area contributed by atoms with Crippen molar-refractivity contribution in [2.24, 2.45) is 5.16 Å². The van der Waals surface area contributed by atoms with Crippen LogP contribution in [0.25, 0.3) is 0 Å². The average Bonchev–Trinajstić information content (AvgIpc) is 3.09. The van der Waals surface area contributed by atoms with Gasteiger partial charge in [-0.3, -0.25) is 10.1 Å². The molecule has 3 rings (SSSR count). The van der Waals surface area contributed by atoms with Crippen molar-refractivity contribution in [3.63, 3.8) is 0 Å². The first-order valence-electron chi connectivity index (χ1n) is 7.40. The molecule has 0 radical (unpaired) electrons. The molecule has 0 N–H and O–H groups in total. The first-order valence-corrected chi connectivity index (χ1v) is 7.40. The van der Waals surface area contributed by atoms with Gasteiger partial charge in [0.25, 0.3) is 5.69 Å². The number of nitro benzene ring substituents is 1. The molecule has 1 heterocycles. The zero-order valence-electron chi connectivity index (χ0n) is 13.0. The number of benzene rings is 2. The fraction of sp³-hybridized carbons (Fsp3) is 0.235. The van der Waals surface area contributed by atoms with E-state index in [2.05, 4.69) is 5.16 Å². The van der Waals surface area contributed by atoms with Gasteiger partial charge in [-0.1, -0.05) is 5.16 Å². The van der Waals surface area contributed by atoms with Crippen LogP contribution in [0.4, 0.5) is 5.69 Å². The minimum absolute atomic E-state index is 0.0320.